The quantitative estimate of drug-likeness (QED) is 0.459. The van der Waals surface area contributed by atoms with Crippen LogP contribution >= 0.6 is 0 Å². The summed E-state index contributed by atoms with van der Waals surface area (Å²) in [6.45, 7) is 0. The van der Waals surface area contributed by atoms with Crippen molar-refractivity contribution in [2.75, 3.05) is 0 Å². The van der Waals surface area contributed by atoms with Gasteiger partial charge in [-0.3, -0.25) is 0 Å². The second-order valence-electron chi connectivity index (χ2n) is 3.28. The van der Waals surface area contributed by atoms with Gasteiger partial charge in [0, 0.05) is 0 Å². The minimum absolute atomic E-state index is 1.04. The lowest BCUT2D eigenvalue weighted by Crippen LogP contribution is -1.75. The van der Waals surface area contributed by atoms with Gasteiger partial charge in [-0.2, -0.15) is 0 Å². The van der Waals surface area contributed by atoms with E-state index in [1.165, 1.54) is 10.8 Å². The highest BCUT2D eigenvalue weighted by Gasteiger charge is 1.96. The van der Waals surface area contributed by atoms with E-state index >= 15 is 0 Å². The SMILES string of the molecule is [c]1ccc2cc3ccc[c]c3[c]c2c1. The molecule has 0 aromatic heterocycles. The van der Waals surface area contributed by atoms with Crippen molar-refractivity contribution in [2.24, 2.45) is 0 Å². The summed E-state index contributed by atoms with van der Waals surface area (Å²) < 4.78 is 0. The minimum Gasteiger partial charge on any atom is -0.0610 e. The van der Waals surface area contributed by atoms with Gasteiger partial charge in [0.25, 0.3) is 0 Å². The molecular weight excluding hydrogens is 168 g/mol. The van der Waals surface area contributed by atoms with Crippen LogP contribution in [0, 0.1) is 18.2 Å². The van der Waals surface area contributed by atoms with E-state index in [2.05, 4.69) is 36.4 Å². The molecule has 0 unspecified atom stereocenters. The first-order chi connectivity index (χ1) is 6.93. The average Bonchev–Trinajstić information content (AvgIpc) is 2.26. The van der Waals surface area contributed by atoms with Gasteiger partial charge in [0.05, 0.1) is 0 Å². The summed E-state index contributed by atoms with van der Waals surface area (Å²) in [6, 6.07) is 23.6. The van der Waals surface area contributed by atoms with Gasteiger partial charge in [-0.1, -0.05) is 30.3 Å². The lowest BCUT2D eigenvalue weighted by atomic mass is 10.0. The van der Waals surface area contributed by atoms with Crippen LogP contribution in [0.3, 0.4) is 0 Å². The standard InChI is InChI=1S/C14H7/c1-2-6-12-10-14-8-4-3-7-13(14)9-11(12)5-1/h1-3,5,7-9H. The molecule has 0 heteroatoms. The summed E-state index contributed by atoms with van der Waals surface area (Å²) in [5.74, 6) is 0. The molecule has 63 valence electrons. The van der Waals surface area contributed by atoms with E-state index in [0.29, 0.717) is 0 Å². The van der Waals surface area contributed by atoms with Crippen LogP contribution in [-0.4, -0.2) is 0 Å². The van der Waals surface area contributed by atoms with Crippen LogP contribution < -0.4 is 0 Å². The number of hydrogen-bond acceptors (Lipinski definition) is 0. The van der Waals surface area contributed by atoms with E-state index < -0.39 is 0 Å². The Bertz CT molecular complexity index is 489. The Balaban J connectivity index is 2.52. The van der Waals surface area contributed by atoms with E-state index in [-0.39, 0.29) is 0 Å². The Labute approximate surface area is 82.8 Å². The van der Waals surface area contributed by atoms with E-state index in [0.717, 1.165) is 10.8 Å². The van der Waals surface area contributed by atoms with Crippen LogP contribution in [0.4, 0.5) is 0 Å². The fraction of sp³-hybridized carbons (Fsp3) is 0. The maximum atomic E-state index is 3.32. The van der Waals surface area contributed by atoms with E-state index in [1.807, 2.05) is 24.3 Å². The van der Waals surface area contributed by atoms with Crippen molar-refractivity contribution >= 4 is 21.5 Å². The van der Waals surface area contributed by atoms with Crippen LogP contribution in [-0.2, 0) is 0 Å². The summed E-state index contributed by atoms with van der Waals surface area (Å²) in [4.78, 5) is 0. The molecule has 3 radical (unpaired) electrons. The van der Waals surface area contributed by atoms with Gasteiger partial charge in [0.2, 0.25) is 0 Å². The van der Waals surface area contributed by atoms with Crippen molar-refractivity contribution in [3.8, 4) is 0 Å². The summed E-state index contributed by atoms with van der Waals surface area (Å²) in [5, 5.41) is 4.53. The van der Waals surface area contributed by atoms with Gasteiger partial charge in [-0.15, -0.1) is 0 Å². The number of fused-ring (bicyclic) bond motifs is 2. The predicted molar refractivity (Wildman–Crippen MR) is 58.0 cm³/mol. The Kier molecular flexibility index (Phi) is 1.54. The molecule has 0 aliphatic rings. The first-order valence-corrected chi connectivity index (χ1v) is 4.56. The fourth-order valence-corrected chi connectivity index (χ4v) is 1.66. The summed E-state index contributed by atoms with van der Waals surface area (Å²) >= 11 is 0. The molecule has 0 aliphatic heterocycles. The van der Waals surface area contributed by atoms with Crippen molar-refractivity contribution in [3.63, 3.8) is 0 Å². The highest BCUT2D eigenvalue weighted by Crippen LogP contribution is 2.20. The molecule has 3 aromatic carbocycles. The summed E-state index contributed by atoms with van der Waals surface area (Å²) in [6.07, 6.45) is 0. The number of rotatable bonds is 0. The van der Waals surface area contributed by atoms with Gasteiger partial charge in [-0.05, 0) is 51.9 Å². The molecule has 0 aliphatic carbocycles. The van der Waals surface area contributed by atoms with E-state index in [9.17, 15) is 0 Å². The van der Waals surface area contributed by atoms with Crippen LogP contribution in [0.2, 0.25) is 0 Å². The largest absolute Gasteiger partial charge is 0.0610 e. The van der Waals surface area contributed by atoms with Gasteiger partial charge >= 0.3 is 0 Å². The Hall–Kier alpha value is -1.82. The van der Waals surface area contributed by atoms with Gasteiger partial charge in [0.1, 0.15) is 0 Å². The first-order valence-electron chi connectivity index (χ1n) is 4.56. The van der Waals surface area contributed by atoms with Crippen LogP contribution in [0.1, 0.15) is 0 Å². The van der Waals surface area contributed by atoms with Crippen LogP contribution in [0.25, 0.3) is 21.5 Å². The fourth-order valence-electron chi connectivity index (χ4n) is 1.66. The second-order valence-corrected chi connectivity index (χ2v) is 3.28. The Morgan fingerprint density at radius 1 is 1.00 bits per heavy atom. The molecule has 0 saturated heterocycles. The summed E-state index contributed by atoms with van der Waals surface area (Å²) in [7, 11) is 0. The molecule has 3 aromatic rings. The zero-order chi connectivity index (χ0) is 9.38. The van der Waals surface area contributed by atoms with Gasteiger partial charge in [-0.25, -0.2) is 0 Å². The van der Waals surface area contributed by atoms with Crippen molar-refractivity contribution in [1.82, 2.24) is 0 Å². The molecule has 0 bridgehead atoms. The van der Waals surface area contributed by atoms with Crippen molar-refractivity contribution in [3.05, 3.63) is 60.7 Å². The highest BCUT2D eigenvalue weighted by atomic mass is 14.0. The third-order valence-corrected chi connectivity index (χ3v) is 2.36. The maximum Gasteiger partial charge on any atom is -0.000763 e. The molecule has 0 N–H and O–H groups in total. The predicted octanol–water partition coefficient (Wildman–Crippen LogP) is 3.39. The van der Waals surface area contributed by atoms with E-state index in [4.69, 9.17) is 0 Å². The molecule has 0 spiro atoms. The smallest absolute Gasteiger partial charge is 0.000763 e. The molecule has 0 saturated carbocycles. The lowest BCUT2D eigenvalue weighted by Gasteiger charge is -1.99. The molecule has 0 atom stereocenters. The highest BCUT2D eigenvalue weighted by molar-refractivity contribution is 5.96. The molecule has 0 fully saturated rings. The van der Waals surface area contributed by atoms with Crippen molar-refractivity contribution < 1.29 is 0 Å². The lowest BCUT2D eigenvalue weighted by molar-refractivity contribution is 1.74. The van der Waals surface area contributed by atoms with Crippen molar-refractivity contribution in [1.29, 1.82) is 0 Å². The maximum absolute atomic E-state index is 3.32. The zero-order valence-corrected chi connectivity index (χ0v) is 7.54. The van der Waals surface area contributed by atoms with E-state index in [1.54, 1.807) is 0 Å². The molecule has 0 amide bonds. The topological polar surface area (TPSA) is 0 Å². The minimum atomic E-state index is 1.04. The zero-order valence-electron chi connectivity index (χ0n) is 7.54. The first kappa shape index (κ1) is 7.57. The monoisotopic (exact) mass is 175 g/mol. The number of benzene rings is 3. The molecule has 14 heavy (non-hydrogen) atoms. The number of hydrogen-bond donors (Lipinski definition) is 0. The average molecular weight is 175 g/mol. The third-order valence-electron chi connectivity index (χ3n) is 2.36. The van der Waals surface area contributed by atoms with Crippen LogP contribution in [0.5, 0.6) is 0 Å². The molecule has 0 heterocycles. The molecular formula is C14H7. The Morgan fingerprint density at radius 2 is 2.00 bits per heavy atom. The molecule has 3 rings (SSSR count). The Morgan fingerprint density at radius 3 is 3.00 bits per heavy atom. The normalized spacial score (nSPS) is 10.9. The van der Waals surface area contributed by atoms with Crippen LogP contribution in [0.15, 0.2) is 42.5 Å². The summed E-state index contributed by atoms with van der Waals surface area (Å²) in [5.41, 5.74) is 0. The third kappa shape index (κ3) is 1.08. The van der Waals surface area contributed by atoms with Gasteiger partial charge in [0.15, 0.2) is 0 Å². The molecule has 0 nitrogen and oxygen atoms in total. The second kappa shape index (κ2) is 2.85. The van der Waals surface area contributed by atoms with Crippen molar-refractivity contribution in [2.45, 2.75) is 0 Å². The van der Waals surface area contributed by atoms with Gasteiger partial charge < -0.3 is 0 Å².